The van der Waals surface area contributed by atoms with E-state index < -0.39 is 32.4 Å². The van der Waals surface area contributed by atoms with Crippen molar-refractivity contribution < 1.29 is 21.6 Å². The molecule has 4 nitrogen and oxygen atoms in total. The van der Waals surface area contributed by atoms with E-state index in [0.717, 1.165) is 25.5 Å². The van der Waals surface area contributed by atoms with Gasteiger partial charge in [-0.25, -0.2) is 26.3 Å². The van der Waals surface area contributed by atoms with Crippen LogP contribution in [0, 0.1) is 23.4 Å². The van der Waals surface area contributed by atoms with Crippen LogP contribution in [0.2, 0.25) is 0 Å². The summed E-state index contributed by atoms with van der Waals surface area (Å²) in [7, 11) is -4.19. The lowest BCUT2D eigenvalue weighted by molar-refractivity contribution is 0.375. The minimum Gasteiger partial charge on any atom is -0.316 e. The third-order valence-corrected chi connectivity index (χ3v) is 4.69. The number of piperidine rings is 1. The Morgan fingerprint density at radius 1 is 1.25 bits per heavy atom. The second kappa shape index (κ2) is 6.11. The largest absolute Gasteiger partial charge is 0.316 e. The van der Waals surface area contributed by atoms with Crippen LogP contribution in [0.5, 0.6) is 0 Å². The van der Waals surface area contributed by atoms with Gasteiger partial charge in [0.05, 0.1) is 0 Å². The number of nitrogens with one attached hydrogen (secondary N) is 2. The molecule has 1 aromatic carbocycles. The molecule has 0 saturated carbocycles. The third kappa shape index (κ3) is 3.31. The Morgan fingerprint density at radius 3 is 2.65 bits per heavy atom. The molecule has 112 valence electrons. The van der Waals surface area contributed by atoms with Crippen LogP contribution >= 0.6 is 0 Å². The van der Waals surface area contributed by atoms with Gasteiger partial charge < -0.3 is 5.32 Å². The van der Waals surface area contributed by atoms with Crippen molar-refractivity contribution >= 4 is 10.0 Å². The van der Waals surface area contributed by atoms with E-state index in [1.54, 1.807) is 0 Å². The normalized spacial score (nSPS) is 20.1. The molecule has 1 fully saturated rings. The fourth-order valence-electron chi connectivity index (χ4n) is 2.12. The van der Waals surface area contributed by atoms with E-state index in [4.69, 9.17) is 0 Å². The Morgan fingerprint density at radius 2 is 2.00 bits per heavy atom. The molecule has 1 atom stereocenters. The molecule has 2 rings (SSSR count). The van der Waals surface area contributed by atoms with E-state index in [0.29, 0.717) is 12.6 Å². The Hall–Kier alpha value is -1.12. The van der Waals surface area contributed by atoms with Crippen LogP contribution in [0.4, 0.5) is 13.2 Å². The average Bonchev–Trinajstić information content (AvgIpc) is 2.44. The quantitative estimate of drug-likeness (QED) is 0.826. The standard InChI is InChI=1S/C12H15F3N2O2S/c13-9-3-4-10(12(15)11(9)14)20(18,19)17-7-8-2-1-5-16-6-8/h3-4,8,16-17H,1-2,5-7H2/t8-/m0/s1. The maximum atomic E-state index is 13.5. The van der Waals surface area contributed by atoms with Crippen molar-refractivity contribution in [1.82, 2.24) is 10.0 Å². The van der Waals surface area contributed by atoms with Gasteiger partial charge in [0.2, 0.25) is 10.0 Å². The molecular formula is C12H15F3N2O2S. The minimum atomic E-state index is -4.19. The topological polar surface area (TPSA) is 58.2 Å². The van der Waals surface area contributed by atoms with Gasteiger partial charge in [-0.3, -0.25) is 0 Å². The summed E-state index contributed by atoms with van der Waals surface area (Å²) in [5.41, 5.74) is 0. The maximum absolute atomic E-state index is 13.5. The summed E-state index contributed by atoms with van der Waals surface area (Å²) in [6, 6.07) is 1.31. The van der Waals surface area contributed by atoms with E-state index in [9.17, 15) is 21.6 Å². The van der Waals surface area contributed by atoms with E-state index in [-0.39, 0.29) is 12.5 Å². The summed E-state index contributed by atoms with van der Waals surface area (Å²) in [6.45, 7) is 1.69. The van der Waals surface area contributed by atoms with Crippen LogP contribution in [-0.4, -0.2) is 28.1 Å². The van der Waals surface area contributed by atoms with Gasteiger partial charge in [0.15, 0.2) is 17.5 Å². The number of sulfonamides is 1. The molecule has 20 heavy (non-hydrogen) atoms. The number of hydrogen-bond acceptors (Lipinski definition) is 3. The fraction of sp³-hybridized carbons (Fsp3) is 0.500. The first kappa shape index (κ1) is 15.3. The zero-order valence-corrected chi connectivity index (χ0v) is 11.4. The first-order valence-corrected chi connectivity index (χ1v) is 7.74. The molecule has 0 aromatic heterocycles. The van der Waals surface area contributed by atoms with Gasteiger partial charge in [-0.05, 0) is 44.0 Å². The van der Waals surface area contributed by atoms with Crippen LogP contribution in [-0.2, 0) is 10.0 Å². The molecule has 1 aliphatic rings. The van der Waals surface area contributed by atoms with Gasteiger partial charge in [0.25, 0.3) is 0 Å². The monoisotopic (exact) mass is 308 g/mol. The second-order valence-corrected chi connectivity index (χ2v) is 6.47. The predicted octanol–water partition coefficient (Wildman–Crippen LogP) is 1.38. The van der Waals surface area contributed by atoms with Crippen molar-refractivity contribution in [2.45, 2.75) is 17.7 Å². The average molecular weight is 308 g/mol. The van der Waals surface area contributed by atoms with Gasteiger partial charge in [-0.1, -0.05) is 0 Å². The smallest absolute Gasteiger partial charge is 0.243 e. The minimum absolute atomic E-state index is 0.104. The van der Waals surface area contributed by atoms with Gasteiger partial charge in [0.1, 0.15) is 4.90 Å². The van der Waals surface area contributed by atoms with E-state index in [2.05, 4.69) is 10.0 Å². The molecule has 0 spiro atoms. The molecule has 0 radical (unpaired) electrons. The van der Waals surface area contributed by atoms with Crippen LogP contribution in [0.25, 0.3) is 0 Å². The lowest BCUT2D eigenvalue weighted by Crippen LogP contribution is -2.38. The first-order chi connectivity index (χ1) is 9.42. The Kier molecular flexibility index (Phi) is 4.66. The fourth-order valence-corrected chi connectivity index (χ4v) is 3.30. The summed E-state index contributed by atoms with van der Waals surface area (Å²) in [4.78, 5) is -0.875. The summed E-state index contributed by atoms with van der Waals surface area (Å²) < 4.78 is 65.4. The molecule has 1 saturated heterocycles. The zero-order chi connectivity index (χ0) is 14.8. The molecule has 0 unspecified atom stereocenters. The highest BCUT2D eigenvalue weighted by atomic mass is 32.2. The molecule has 0 amide bonds. The maximum Gasteiger partial charge on any atom is 0.243 e. The zero-order valence-electron chi connectivity index (χ0n) is 10.6. The second-order valence-electron chi connectivity index (χ2n) is 4.74. The van der Waals surface area contributed by atoms with E-state index in [1.807, 2.05) is 0 Å². The van der Waals surface area contributed by atoms with Crippen molar-refractivity contribution in [3.8, 4) is 0 Å². The molecule has 1 heterocycles. The molecule has 1 aliphatic heterocycles. The number of rotatable bonds is 4. The molecule has 8 heteroatoms. The Balaban J connectivity index is 2.12. The van der Waals surface area contributed by atoms with Crippen LogP contribution in [0.15, 0.2) is 17.0 Å². The first-order valence-electron chi connectivity index (χ1n) is 6.25. The van der Waals surface area contributed by atoms with Crippen molar-refractivity contribution in [3.63, 3.8) is 0 Å². The summed E-state index contributed by atoms with van der Waals surface area (Å²) in [5, 5.41) is 3.12. The van der Waals surface area contributed by atoms with Gasteiger partial charge in [-0.2, -0.15) is 0 Å². The lowest BCUT2D eigenvalue weighted by atomic mass is 10.0. The van der Waals surface area contributed by atoms with Gasteiger partial charge >= 0.3 is 0 Å². The number of benzene rings is 1. The van der Waals surface area contributed by atoms with E-state index in [1.165, 1.54) is 0 Å². The SMILES string of the molecule is O=S(=O)(NC[C@H]1CCCNC1)c1ccc(F)c(F)c1F. The third-order valence-electron chi connectivity index (χ3n) is 3.25. The molecule has 1 aromatic rings. The Bertz CT molecular complexity index is 587. The predicted molar refractivity (Wildman–Crippen MR) is 67.1 cm³/mol. The molecule has 0 bridgehead atoms. The number of hydrogen-bond donors (Lipinski definition) is 2. The highest BCUT2D eigenvalue weighted by molar-refractivity contribution is 7.89. The van der Waals surface area contributed by atoms with Crippen molar-refractivity contribution in [3.05, 3.63) is 29.6 Å². The summed E-state index contributed by atoms with van der Waals surface area (Å²) in [6.07, 6.45) is 1.79. The molecular weight excluding hydrogens is 293 g/mol. The summed E-state index contributed by atoms with van der Waals surface area (Å²) >= 11 is 0. The van der Waals surface area contributed by atoms with Crippen molar-refractivity contribution in [2.75, 3.05) is 19.6 Å². The van der Waals surface area contributed by atoms with Crippen molar-refractivity contribution in [2.24, 2.45) is 5.92 Å². The summed E-state index contributed by atoms with van der Waals surface area (Å²) in [5.74, 6) is -4.80. The van der Waals surface area contributed by atoms with E-state index >= 15 is 0 Å². The van der Waals surface area contributed by atoms with Gasteiger partial charge in [0, 0.05) is 6.54 Å². The number of halogens is 3. The van der Waals surface area contributed by atoms with Crippen LogP contribution in [0.3, 0.4) is 0 Å². The van der Waals surface area contributed by atoms with Crippen LogP contribution in [0.1, 0.15) is 12.8 Å². The highest BCUT2D eigenvalue weighted by Crippen LogP contribution is 2.20. The van der Waals surface area contributed by atoms with Crippen molar-refractivity contribution in [1.29, 1.82) is 0 Å². The molecule has 2 N–H and O–H groups in total. The lowest BCUT2D eigenvalue weighted by Gasteiger charge is -2.22. The Labute approximate surface area is 115 Å². The van der Waals surface area contributed by atoms with Crippen LogP contribution < -0.4 is 10.0 Å². The molecule has 0 aliphatic carbocycles. The highest BCUT2D eigenvalue weighted by Gasteiger charge is 2.25. The van der Waals surface area contributed by atoms with Gasteiger partial charge in [-0.15, -0.1) is 0 Å².